The van der Waals surface area contributed by atoms with Crippen LogP contribution in [0.1, 0.15) is 62.4 Å². The molecule has 1 aliphatic heterocycles. The molecule has 4 fully saturated rings. The first-order chi connectivity index (χ1) is 16.8. The van der Waals surface area contributed by atoms with Gasteiger partial charge in [0.1, 0.15) is 0 Å². The van der Waals surface area contributed by atoms with Gasteiger partial charge >= 0.3 is 5.97 Å². The van der Waals surface area contributed by atoms with E-state index in [1.807, 2.05) is 30.3 Å². The van der Waals surface area contributed by atoms with Gasteiger partial charge in [-0.2, -0.15) is 0 Å². The van der Waals surface area contributed by atoms with E-state index in [9.17, 15) is 14.7 Å². The average Bonchev–Trinajstić information content (AvgIpc) is 2.86. The second-order valence-corrected chi connectivity index (χ2v) is 11.6. The van der Waals surface area contributed by atoms with Crippen LogP contribution in [0.5, 0.6) is 0 Å². The number of carbonyl (C=O) groups excluding carboxylic acids is 1. The summed E-state index contributed by atoms with van der Waals surface area (Å²) in [7, 11) is 0. The molecule has 0 spiro atoms. The molecule has 3 aliphatic carbocycles. The minimum Gasteiger partial charge on any atom is -0.478 e. The smallest absolute Gasteiger partial charge is 0.335 e. The number of amides is 1. The zero-order valence-electron chi connectivity index (χ0n) is 21.2. The van der Waals surface area contributed by atoms with Crippen molar-refractivity contribution in [2.24, 2.45) is 23.2 Å². The summed E-state index contributed by atoms with van der Waals surface area (Å²) in [5, 5.41) is 9.19. The number of aromatic carboxylic acids is 1. The maximum absolute atomic E-state index is 13.8. The van der Waals surface area contributed by atoms with Gasteiger partial charge in [0, 0.05) is 30.9 Å². The third kappa shape index (κ3) is 4.46. The number of benzene rings is 2. The standard InChI is InChI=1S/C30H38N2O3/c1-20-26-18-23(30(26,2)3)19-27(20)32(28(33)17-21-7-5-4-6-8-21)25-13-15-31(16-14-25)24-11-9-22(10-12-24)29(34)35/h4-12,20,23,25-27H,13-19H2,1-3H3,(H,34,35)/t20-,23+,26+,27+/m1/s1. The summed E-state index contributed by atoms with van der Waals surface area (Å²) in [6.07, 6.45) is 4.81. The maximum Gasteiger partial charge on any atom is 0.335 e. The highest BCUT2D eigenvalue weighted by Gasteiger charge is 2.58. The predicted molar refractivity (Wildman–Crippen MR) is 139 cm³/mol. The van der Waals surface area contributed by atoms with Crippen molar-refractivity contribution in [2.75, 3.05) is 18.0 Å². The molecule has 4 atom stereocenters. The molecule has 1 amide bonds. The van der Waals surface area contributed by atoms with Crippen LogP contribution in [-0.2, 0) is 11.2 Å². The van der Waals surface area contributed by atoms with Gasteiger partial charge in [-0.15, -0.1) is 0 Å². The lowest BCUT2D eigenvalue weighted by Gasteiger charge is -2.64. The molecule has 2 aromatic rings. The second-order valence-electron chi connectivity index (χ2n) is 11.6. The predicted octanol–water partition coefficient (Wildman–Crippen LogP) is 5.50. The highest BCUT2D eigenvalue weighted by molar-refractivity contribution is 5.88. The van der Waals surface area contributed by atoms with Crippen LogP contribution in [0.25, 0.3) is 0 Å². The fourth-order valence-electron chi connectivity index (χ4n) is 7.23. The first-order valence-corrected chi connectivity index (χ1v) is 13.2. The Hall–Kier alpha value is -2.82. The molecule has 5 nitrogen and oxygen atoms in total. The lowest BCUT2D eigenvalue weighted by molar-refractivity contribution is -0.163. The van der Waals surface area contributed by atoms with Crippen molar-refractivity contribution in [1.29, 1.82) is 0 Å². The van der Waals surface area contributed by atoms with Gasteiger partial charge in [-0.3, -0.25) is 4.79 Å². The normalized spacial score (nSPS) is 27.7. The van der Waals surface area contributed by atoms with E-state index < -0.39 is 5.97 Å². The highest BCUT2D eigenvalue weighted by atomic mass is 16.4. The Morgan fingerprint density at radius 2 is 1.66 bits per heavy atom. The SMILES string of the molecule is C[C@H]1[C@@H](N(C(=O)Cc2ccccc2)C2CCN(c3ccc(C(=O)O)cc3)CC2)C[C@@H]2C[C@@H]1C2(C)C. The summed E-state index contributed by atoms with van der Waals surface area (Å²) in [6.45, 7) is 8.98. The summed E-state index contributed by atoms with van der Waals surface area (Å²) in [5.74, 6) is 1.32. The molecule has 1 N–H and O–H groups in total. The molecule has 2 bridgehead atoms. The molecule has 5 heteroatoms. The van der Waals surface area contributed by atoms with Gasteiger partial charge in [-0.1, -0.05) is 51.1 Å². The number of hydrogen-bond acceptors (Lipinski definition) is 3. The van der Waals surface area contributed by atoms with Crippen molar-refractivity contribution < 1.29 is 14.7 Å². The molecular weight excluding hydrogens is 436 g/mol. The Bertz CT molecular complexity index is 1060. The molecule has 1 heterocycles. The van der Waals surface area contributed by atoms with Crippen molar-refractivity contribution in [2.45, 2.75) is 65.0 Å². The van der Waals surface area contributed by atoms with Gasteiger partial charge in [0.15, 0.2) is 0 Å². The third-order valence-electron chi connectivity index (χ3n) is 9.49. The lowest BCUT2D eigenvalue weighted by atomic mass is 9.44. The summed E-state index contributed by atoms with van der Waals surface area (Å²) in [5.41, 5.74) is 2.86. The lowest BCUT2D eigenvalue weighted by Crippen LogP contribution is -2.64. The van der Waals surface area contributed by atoms with Gasteiger partial charge in [0.2, 0.25) is 5.91 Å². The number of rotatable bonds is 6. The van der Waals surface area contributed by atoms with Crippen LogP contribution in [0, 0.1) is 23.2 Å². The van der Waals surface area contributed by atoms with Crippen molar-refractivity contribution in [1.82, 2.24) is 4.90 Å². The molecule has 0 aromatic heterocycles. The van der Waals surface area contributed by atoms with Crippen LogP contribution in [0.2, 0.25) is 0 Å². The van der Waals surface area contributed by atoms with Crippen LogP contribution in [-0.4, -0.2) is 47.1 Å². The highest BCUT2D eigenvalue weighted by Crippen LogP contribution is 2.62. The van der Waals surface area contributed by atoms with E-state index in [0.717, 1.165) is 43.6 Å². The van der Waals surface area contributed by atoms with E-state index in [-0.39, 0.29) is 11.9 Å². The van der Waals surface area contributed by atoms with Gasteiger partial charge in [0.05, 0.1) is 12.0 Å². The molecule has 3 saturated carbocycles. The van der Waals surface area contributed by atoms with Crippen molar-refractivity contribution in [3.8, 4) is 0 Å². The summed E-state index contributed by atoms with van der Waals surface area (Å²) in [6, 6.07) is 17.9. The van der Waals surface area contributed by atoms with Gasteiger partial charge in [-0.05, 0) is 78.7 Å². The van der Waals surface area contributed by atoms with Crippen LogP contribution in [0.4, 0.5) is 5.69 Å². The average molecular weight is 475 g/mol. The Kier molecular flexibility index (Phi) is 6.37. The number of piperidine rings is 1. The van der Waals surface area contributed by atoms with Crippen LogP contribution >= 0.6 is 0 Å². The fraction of sp³-hybridized carbons (Fsp3) is 0.533. The Balaban J connectivity index is 1.32. The number of carboxylic acids is 1. The quantitative estimate of drug-likeness (QED) is 0.601. The topological polar surface area (TPSA) is 60.9 Å². The Morgan fingerprint density at radius 1 is 1.00 bits per heavy atom. The monoisotopic (exact) mass is 474 g/mol. The molecular formula is C30H38N2O3. The summed E-state index contributed by atoms with van der Waals surface area (Å²) in [4.78, 5) is 29.7. The fourth-order valence-corrected chi connectivity index (χ4v) is 7.23. The zero-order chi connectivity index (χ0) is 24.7. The molecule has 2 aromatic carbocycles. The van der Waals surface area contributed by atoms with Crippen molar-refractivity contribution in [3.05, 3.63) is 65.7 Å². The van der Waals surface area contributed by atoms with E-state index in [2.05, 4.69) is 42.7 Å². The van der Waals surface area contributed by atoms with E-state index in [1.54, 1.807) is 12.1 Å². The van der Waals surface area contributed by atoms with E-state index in [1.165, 1.54) is 6.42 Å². The van der Waals surface area contributed by atoms with Crippen molar-refractivity contribution >= 4 is 17.6 Å². The number of fused-ring (bicyclic) bond motifs is 2. The van der Waals surface area contributed by atoms with Gasteiger partial charge in [-0.25, -0.2) is 4.79 Å². The Labute approximate surface area is 209 Å². The number of carbonyl (C=O) groups is 2. The van der Waals surface area contributed by atoms with Crippen LogP contribution in [0.15, 0.2) is 54.6 Å². The zero-order valence-corrected chi connectivity index (χ0v) is 21.2. The molecule has 6 rings (SSSR count). The largest absolute Gasteiger partial charge is 0.478 e. The summed E-state index contributed by atoms with van der Waals surface area (Å²) >= 11 is 0. The van der Waals surface area contributed by atoms with E-state index in [4.69, 9.17) is 0 Å². The molecule has 35 heavy (non-hydrogen) atoms. The van der Waals surface area contributed by atoms with Crippen LogP contribution in [0.3, 0.4) is 0 Å². The maximum atomic E-state index is 13.8. The number of nitrogens with zero attached hydrogens (tertiary/aromatic N) is 2. The minimum atomic E-state index is -0.898. The third-order valence-corrected chi connectivity index (χ3v) is 9.49. The number of hydrogen-bond donors (Lipinski definition) is 1. The minimum absolute atomic E-state index is 0.258. The number of anilines is 1. The number of carboxylic acid groups (broad SMARTS) is 1. The molecule has 0 radical (unpaired) electrons. The van der Waals surface area contributed by atoms with Crippen molar-refractivity contribution in [3.63, 3.8) is 0 Å². The Morgan fingerprint density at radius 3 is 2.23 bits per heavy atom. The van der Waals surface area contributed by atoms with Gasteiger partial charge < -0.3 is 14.9 Å². The van der Waals surface area contributed by atoms with Crippen LogP contribution < -0.4 is 4.90 Å². The summed E-state index contributed by atoms with van der Waals surface area (Å²) < 4.78 is 0. The van der Waals surface area contributed by atoms with E-state index in [0.29, 0.717) is 41.2 Å². The second kappa shape index (κ2) is 9.33. The van der Waals surface area contributed by atoms with Gasteiger partial charge in [0.25, 0.3) is 0 Å². The first-order valence-electron chi connectivity index (χ1n) is 13.2. The molecule has 4 aliphatic rings. The molecule has 0 unspecified atom stereocenters. The molecule has 186 valence electrons. The first kappa shape index (κ1) is 23.9. The van der Waals surface area contributed by atoms with E-state index >= 15 is 0 Å². The molecule has 1 saturated heterocycles.